The number of aliphatic carboxylic acids is 1. The van der Waals surface area contributed by atoms with Gasteiger partial charge in [0.25, 0.3) is 0 Å². The van der Waals surface area contributed by atoms with E-state index in [2.05, 4.69) is 5.32 Å². The van der Waals surface area contributed by atoms with Crippen LogP contribution in [-0.4, -0.2) is 17.0 Å². The van der Waals surface area contributed by atoms with Gasteiger partial charge in [0.15, 0.2) is 0 Å². The number of hydrogen-bond donors (Lipinski definition) is 2. The van der Waals surface area contributed by atoms with Gasteiger partial charge in [0, 0.05) is 4.88 Å². The van der Waals surface area contributed by atoms with Crippen LogP contribution >= 0.6 is 11.3 Å². The number of carboxylic acid groups (broad SMARTS) is 1. The van der Waals surface area contributed by atoms with Crippen LogP contribution in [0.3, 0.4) is 0 Å². The molecule has 3 atom stereocenters. The summed E-state index contributed by atoms with van der Waals surface area (Å²) >= 11 is 1.60. The Kier molecular flexibility index (Phi) is 4.58. The van der Waals surface area contributed by atoms with E-state index in [1.165, 1.54) is 0 Å². The van der Waals surface area contributed by atoms with E-state index in [1.54, 1.807) is 11.3 Å². The molecule has 4 nitrogen and oxygen atoms in total. The van der Waals surface area contributed by atoms with Crippen molar-refractivity contribution in [1.29, 1.82) is 0 Å². The molecular formula is C14H19NO3S. The summed E-state index contributed by atoms with van der Waals surface area (Å²) in [6.45, 7) is 1.93. The minimum atomic E-state index is -0.844. The summed E-state index contributed by atoms with van der Waals surface area (Å²) in [5.74, 6) is -1.87. The molecule has 1 aliphatic rings. The first-order valence-electron chi connectivity index (χ1n) is 6.66. The minimum Gasteiger partial charge on any atom is -0.481 e. The van der Waals surface area contributed by atoms with Gasteiger partial charge in [-0.2, -0.15) is 0 Å². The fourth-order valence-electron chi connectivity index (χ4n) is 2.67. The van der Waals surface area contributed by atoms with E-state index < -0.39 is 11.9 Å². The highest BCUT2D eigenvalue weighted by Crippen LogP contribution is 2.31. The van der Waals surface area contributed by atoms with E-state index in [0.717, 1.165) is 17.7 Å². The van der Waals surface area contributed by atoms with E-state index in [9.17, 15) is 14.7 Å². The van der Waals surface area contributed by atoms with Crippen molar-refractivity contribution in [2.45, 2.75) is 38.6 Å². The normalized spacial score (nSPS) is 24.7. The number of thiophene rings is 1. The lowest BCUT2D eigenvalue weighted by Gasteiger charge is -2.28. The lowest BCUT2D eigenvalue weighted by Crippen LogP contribution is -2.40. The third kappa shape index (κ3) is 3.35. The third-order valence-corrected chi connectivity index (χ3v) is 4.80. The topological polar surface area (TPSA) is 66.4 Å². The van der Waals surface area contributed by atoms with Gasteiger partial charge >= 0.3 is 5.97 Å². The van der Waals surface area contributed by atoms with E-state index >= 15 is 0 Å². The van der Waals surface area contributed by atoms with Crippen LogP contribution in [0, 0.1) is 11.8 Å². The zero-order chi connectivity index (χ0) is 13.8. The Balaban J connectivity index is 2.00. The molecule has 1 saturated carbocycles. The van der Waals surface area contributed by atoms with Crippen LogP contribution < -0.4 is 5.32 Å². The van der Waals surface area contributed by atoms with Crippen LogP contribution in [0.15, 0.2) is 17.5 Å². The molecule has 104 valence electrons. The Hall–Kier alpha value is -1.36. The summed E-state index contributed by atoms with van der Waals surface area (Å²) < 4.78 is 0. The van der Waals surface area contributed by atoms with Gasteiger partial charge in [-0.05, 0) is 31.2 Å². The molecule has 1 aliphatic carbocycles. The van der Waals surface area contributed by atoms with Gasteiger partial charge in [0.05, 0.1) is 17.9 Å². The number of carboxylic acids is 1. The molecule has 0 radical (unpaired) electrons. The molecule has 0 bridgehead atoms. The number of rotatable bonds is 4. The minimum absolute atomic E-state index is 0.0520. The van der Waals surface area contributed by atoms with Gasteiger partial charge in [0.1, 0.15) is 0 Å². The lowest BCUT2D eigenvalue weighted by molar-refractivity contribution is -0.149. The SMILES string of the molecule is C[C@H](NC(=O)C1CCCCC1C(=O)O)c1cccs1. The highest BCUT2D eigenvalue weighted by molar-refractivity contribution is 7.10. The number of carbonyl (C=O) groups excluding carboxylic acids is 1. The summed E-state index contributed by atoms with van der Waals surface area (Å²) in [7, 11) is 0. The van der Waals surface area contributed by atoms with Crippen molar-refractivity contribution >= 4 is 23.2 Å². The molecule has 1 fully saturated rings. The van der Waals surface area contributed by atoms with Gasteiger partial charge in [0.2, 0.25) is 5.91 Å². The monoisotopic (exact) mass is 281 g/mol. The van der Waals surface area contributed by atoms with Crippen LogP contribution in [0.25, 0.3) is 0 Å². The van der Waals surface area contributed by atoms with Crippen LogP contribution in [0.4, 0.5) is 0 Å². The molecule has 0 saturated heterocycles. The van der Waals surface area contributed by atoms with Crippen molar-refractivity contribution in [2.24, 2.45) is 11.8 Å². The Morgan fingerprint density at radius 2 is 2.05 bits per heavy atom. The summed E-state index contributed by atoms with van der Waals surface area (Å²) in [6.07, 6.45) is 3.14. The van der Waals surface area contributed by atoms with E-state index in [4.69, 9.17) is 0 Å². The second-order valence-corrected chi connectivity index (χ2v) is 6.06. The predicted octanol–water partition coefficient (Wildman–Crippen LogP) is 2.82. The van der Waals surface area contributed by atoms with Gasteiger partial charge < -0.3 is 10.4 Å². The zero-order valence-electron chi connectivity index (χ0n) is 11.0. The first-order chi connectivity index (χ1) is 9.09. The Morgan fingerprint density at radius 1 is 1.37 bits per heavy atom. The van der Waals surface area contributed by atoms with Crippen molar-refractivity contribution in [3.05, 3.63) is 22.4 Å². The second-order valence-electron chi connectivity index (χ2n) is 5.08. The van der Waals surface area contributed by atoms with E-state index in [1.807, 2.05) is 24.4 Å². The van der Waals surface area contributed by atoms with Gasteiger partial charge in [-0.3, -0.25) is 9.59 Å². The fourth-order valence-corrected chi connectivity index (χ4v) is 3.40. The maximum atomic E-state index is 12.2. The molecule has 0 spiro atoms. The summed E-state index contributed by atoms with van der Waals surface area (Å²) in [5.41, 5.74) is 0. The average Bonchev–Trinajstić information content (AvgIpc) is 2.92. The predicted molar refractivity (Wildman–Crippen MR) is 74.0 cm³/mol. The first-order valence-corrected chi connectivity index (χ1v) is 7.54. The standard InChI is InChI=1S/C14H19NO3S/c1-9(12-7-4-8-19-12)15-13(16)10-5-2-3-6-11(10)14(17)18/h4,7-11H,2-3,5-6H2,1H3,(H,15,16)(H,17,18)/t9-,10?,11?/m0/s1. The largest absolute Gasteiger partial charge is 0.481 e. The summed E-state index contributed by atoms with van der Waals surface area (Å²) in [6, 6.07) is 3.87. The lowest BCUT2D eigenvalue weighted by atomic mass is 9.78. The molecule has 5 heteroatoms. The van der Waals surface area contributed by atoms with E-state index in [0.29, 0.717) is 12.8 Å². The first kappa shape index (κ1) is 14.1. The molecule has 1 aromatic rings. The molecule has 0 aliphatic heterocycles. The van der Waals surface area contributed by atoms with Gasteiger partial charge in [-0.1, -0.05) is 18.9 Å². The van der Waals surface area contributed by atoms with E-state index in [-0.39, 0.29) is 17.9 Å². The average molecular weight is 281 g/mol. The number of nitrogens with one attached hydrogen (secondary N) is 1. The van der Waals surface area contributed by atoms with Gasteiger partial charge in [-0.25, -0.2) is 0 Å². The van der Waals surface area contributed by atoms with Crippen molar-refractivity contribution in [2.75, 3.05) is 0 Å². The Labute approximate surface area is 116 Å². The van der Waals surface area contributed by atoms with Crippen LogP contribution in [0.1, 0.15) is 43.5 Å². The molecule has 1 heterocycles. The summed E-state index contributed by atoms with van der Waals surface area (Å²) in [4.78, 5) is 24.5. The number of amides is 1. The van der Waals surface area contributed by atoms with Crippen molar-refractivity contribution in [1.82, 2.24) is 5.32 Å². The molecule has 1 aromatic heterocycles. The van der Waals surface area contributed by atoms with Crippen molar-refractivity contribution in [3.8, 4) is 0 Å². The molecule has 2 rings (SSSR count). The van der Waals surface area contributed by atoms with Crippen LogP contribution in [0.2, 0.25) is 0 Å². The third-order valence-electron chi connectivity index (χ3n) is 3.75. The van der Waals surface area contributed by atoms with Crippen molar-refractivity contribution in [3.63, 3.8) is 0 Å². The number of hydrogen-bond acceptors (Lipinski definition) is 3. The highest BCUT2D eigenvalue weighted by Gasteiger charge is 2.36. The van der Waals surface area contributed by atoms with Crippen LogP contribution in [-0.2, 0) is 9.59 Å². The van der Waals surface area contributed by atoms with Gasteiger partial charge in [-0.15, -0.1) is 11.3 Å². The zero-order valence-corrected chi connectivity index (χ0v) is 11.8. The van der Waals surface area contributed by atoms with Crippen LogP contribution in [0.5, 0.6) is 0 Å². The quantitative estimate of drug-likeness (QED) is 0.891. The molecule has 2 unspecified atom stereocenters. The maximum absolute atomic E-state index is 12.2. The molecular weight excluding hydrogens is 262 g/mol. The molecule has 19 heavy (non-hydrogen) atoms. The van der Waals surface area contributed by atoms with Crippen molar-refractivity contribution < 1.29 is 14.7 Å². The Bertz CT molecular complexity index is 444. The highest BCUT2D eigenvalue weighted by atomic mass is 32.1. The molecule has 1 amide bonds. The smallest absolute Gasteiger partial charge is 0.307 e. The summed E-state index contributed by atoms with van der Waals surface area (Å²) in [5, 5.41) is 14.1. The number of carbonyl (C=O) groups is 2. The molecule has 2 N–H and O–H groups in total. The maximum Gasteiger partial charge on any atom is 0.307 e. The molecule has 0 aromatic carbocycles. The fraction of sp³-hybridized carbons (Fsp3) is 0.571. The Morgan fingerprint density at radius 3 is 2.63 bits per heavy atom. The second kappa shape index (κ2) is 6.19.